The summed E-state index contributed by atoms with van der Waals surface area (Å²) in [5, 5.41) is 9.56. The largest absolute Gasteiger partial charge is 0.312 e. The fourth-order valence-electron chi connectivity index (χ4n) is 4.08. The van der Waals surface area contributed by atoms with Gasteiger partial charge in [0.2, 0.25) is 11.7 Å². The topological polar surface area (TPSA) is 89.6 Å². The van der Waals surface area contributed by atoms with Gasteiger partial charge in [-0.25, -0.2) is 0 Å². The summed E-state index contributed by atoms with van der Waals surface area (Å²) in [6.07, 6.45) is 3.07. The molecule has 1 aliphatic rings. The average Bonchev–Trinajstić information content (AvgIpc) is 3.46. The van der Waals surface area contributed by atoms with E-state index in [0.29, 0.717) is 46.9 Å². The van der Waals surface area contributed by atoms with Crippen molar-refractivity contribution in [3.05, 3.63) is 77.1 Å². The normalized spacial score (nSPS) is 13.8. The Morgan fingerprint density at radius 1 is 1.09 bits per heavy atom. The summed E-state index contributed by atoms with van der Waals surface area (Å²) >= 11 is 1.27. The minimum absolute atomic E-state index is 0.0558. The second-order valence-electron chi connectivity index (χ2n) is 7.75. The van der Waals surface area contributed by atoms with Crippen molar-refractivity contribution in [2.45, 2.75) is 24.5 Å². The number of para-hydroxylation sites is 1. The molecule has 8 nitrogen and oxygen atoms in total. The summed E-state index contributed by atoms with van der Waals surface area (Å²) in [6, 6.07) is 14.4. The Hall–Kier alpha value is -3.72. The average molecular weight is 460 g/mol. The van der Waals surface area contributed by atoms with Crippen molar-refractivity contribution in [3.8, 4) is 0 Å². The summed E-state index contributed by atoms with van der Waals surface area (Å²) in [7, 11) is 0. The van der Waals surface area contributed by atoms with E-state index < -0.39 is 0 Å². The fraction of sp³-hybridized carbons (Fsp3) is 0.208. The lowest BCUT2D eigenvalue weighted by atomic mass is 10.1. The van der Waals surface area contributed by atoms with Crippen LogP contribution in [-0.2, 0) is 11.3 Å². The van der Waals surface area contributed by atoms with Gasteiger partial charge in [-0.1, -0.05) is 30.0 Å². The molecule has 2 aromatic carbocycles. The molecule has 1 fully saturated rings. The maximum Gasteiger partial charge on any atom is 0.263 e. The first-order valence-corrected chi connectivity index (χ1v) is 11.6. The monoisotopic (exact) mass is 459 g/mol. The van der Waals surface area contributed by atoms with Gasteiger partial charge in [-0.2, -0.15) is 0 Å². The SMILES string of the molecule is C=CCn1c(=O)c2ccccc2n2c(SCC(=O)c3ccc(N4CCCC4=O)cc3)nnc12. The highest BCUT2D eigenvalue weighted by Crippen LogP contribution is 2.24. The molecule has 0 atom stereocenters. The molecule has 1 saturated heterocycles. The van der Waals surface area contributed by atoms with E-state index in [-0.39, 0.29) is 23.0 Å². The molecule has 0 spiro atoms. The number of nitrogens with zero attached hydrogens (tertiary/aromatic N) is 5. The summed E-state index contributed by atoms with van der Waals surface area (Å²) in [4.78, 5) is 39.4. The van der Waals surface area contributed by atoms with Gasteiger partial charge in [0.1, 0.15) is 0 Å². The highest BCUT2D eigenvalue weighted by atomic mass is 32.2. The van der Waals surface area contributed by atoms with E-state index in [2.05, 4.69) is 16.8 Å². The Bertz CT molecular complexity index is 1460. The van der Waals surface area contributed by atoms with Crippen LogP contribution < -0.4 is 10.5 Å². The fourth-order valence-corrected chi connectivity index (χ4v) is 4.92. The maximum absolute atomic E-state index is 12.9. The lowest BCUT2D eigenvalue weighted by Gasteiger charge is -2.15. The van der Waals surface area contributed by atoms with Crippen LogP contribution in [0.4, 0.5) is 5.69 Å². The van der Waals surface area contributed by atoms with E-state index in [1.165, 1.54) is 16.3 Å². The first-order valence-electron chi connectivity index (χ1n) is 10.6. The van der Waals surface area contributed by atoms with Crippen LogP contribution in [-0.4, -0.2) is 43.2 Å². The van der Waals surface area contributed by atoms with Crippen LogP contribution in [0.1, 0.15) is 23.2 Å². The predicted octanol–water partition coefficient (Wildman–Crippen LogP) is 3.33. The number of carbonyl (C=O) groups is 2. The standard InChI is InChI=1S/C24H21N5O3S/c1-2-13-28-22(32)18-6-3-4-7-19(18)29-23(28)25-26-24(29)33-15-20(30)16-9-11-17(12-10-16)27-14-5-8-21(27)31/h2-4,6-7,9-12H,1,5,8,13-15H2. The molecule has 0 aliphatic carbocycles. The van der Waals surface area contributed by atoms with Crippen molar-refractivity contribution in [3.63, 3.8) is 0 Å². The van der Waals surface area contributed by atoms with Gasteiger partial charge in [0, 0.05) is 30.8 Å². The summed E-state index contributed by atoms with van der Waals surface area (Å²) in [5.74, 6) is 0.635. The first kappa shape index (κ1) is 21.1. The molecular weight excluding hydrogens is 438 g/mol. The molecule has 1 amide bonds. The maximum atomic E-state index is 12.9. The number of hydrogen-bond acceptors (Lipinski definition) is 6. The van der Waals surface area contributed by atoms with Gasteiger partial charge in [-0.05, 0) is 42.8 Å². The van der Waals surface area contributed by atoms with Crippen LogP contribution in [0.25, 0.3) is 16.7 Å². The van der Waals surface area contributed by atoms with Crippen molar-refractivity contribution in [1.29, 1.82) is 0 Å². The minimum Gasteiger partial charge on any atom is -0.312 e. The third-order valence-corrected chi connectivity index (χ3v) is 6.63. The lowest BCUT2D eigenvalue weighted by Crippen LogP contribution is -2.23. The molecule has 0 unspecified atom stereocenters. The Morgan fingerprint density at radius 2 is 1.88 bits per heavy atom. The summed E-state index contributed by atoms with van der Waals surface area (Å²) in [6.45, 7) is 4.75. The zero-order chi connectivity index (χ0) is 22.9. The van der Waals surface area contributed by atoms with Crippen molar-refractivity contribution in [2.75, 3.05) is 17.2 Å². The molecule has 166 valence electrons. The number of anilines is 1. The molecule has 5 rings (SSSR count). The van der Waals surface area contributed by atoms with Gasteiger partial charge in [0.05, 0.1) is 16.7 Å². The summed E-state index contributed by atoms with van der Waals surface area (Å²) in [5.41, 5.74) is 1.92. The number of benzene rings is 2. The number of amides is 1. The third kappa shape index (κ3) is 3.74. The zero-order valence-electron chi connectivity index (χ0n) is 17.8. The van der Waals surface area contributed by atoms with Gasteiger partial charge in [0.25, 0.3) is 5.56 Å². The molecule has 2 aromatic heterocycles. The van der Waals surface area contributed by atoms with Crippen LogP contribution in [0, 0.1) is 0 Å². The quantitative estimate of drug-likeness (QED) is 0.239. The van der Waals surface area contributed by atoms with E-state index in [1.807, 2.05) is 30.3 Å². The number of aromatic nitrogens is 4. The Morgan fingerprint density at radius 3 is 2.61 bits per heavy atom. The highest BCUT2D eigenvalue weighted by Gasteiger charge is 2.22. The molecule has 9 heteroatoms. The Kier molecular flexibility index (Phi) is 5.55. The number of fused-ring (bicyclic) bond motifs is 3. The van der Waals surface area contributed by atoms with Crippen molar-refractivity contribution < 1.29 is 9.59 Å². The van der Waals surface area contributed by atoms with E-state index in [1.54, 1.807) is 33.6 Å². The minimum atomic E-state index is -0.158. The number of allylic oxidation sites excluding steroid dienone is 1. The lowest BCUT2D eigenvalue weighted by molar-refractivity contribution is -0.117. The molecule has 0 N–H and O–H groups in total. The van der Waals surface area contributed by atoms with Crippen LogP contribution in [0.5, 0.6) is 0 Å². The first-order chi connectivity index (χ1) is 16.1. The van der Waals surface area contributed by atoms with E-state index in [4.69, 9.17) is 0 Å². The van der Waals surface area contributed by atoms with E-state index in [9.17, 15) is 14.4 Å². The van der Waals surface area contributed by atoms with E-state index >= 15 is 0 Å². The molecule has 4 aromatic rings. The number of carbonyl (C=O) groups excluding carboxylic acids is 2. The number of rotatable bonds is 7. The van der Waals surface area contributed by atoms with Gasteiger partial charge in [0.15, 0.2) is 10.9 Å². The smallest absolute Gasteiger partial charge is 0.263 e. The van der Waals surface area contributed by atoms with Crippen LogP contribution >= 0.6 is 11.8 Å². The van der Waals surface area contributed by atoms with Gasteiger partial charge in [-0.15, -0.1) is 16.8 Å². The second-order valence-corrected chi connectivity index (χ2v) is 8.69. The van der Waals surface area contributed by atoms with Crippen molar-refractivity contribution in [2.24, 2.45) is 0 Å². The molecule has 3 heterocycles. The third-order valence-electron chi connectivity index (χ3n) is 5.70. The van der Waals surface area contributed by atoms with Gasteiger partial charge in [-0.3, -0.25) is 23.4 Å². The second kappa shape index (κ2) is 8.67. The molecule has 0 bridgehead atoms. The zero-order valence-corrected chi connectivity index (χ0v) is 18.6. The number of hydrogen-bond donors (Lipinski definition) is 0. The molecule has 0 saturated carbocycles. The van der Waals surface area contributed by atoms with Gasteiger partial charge < -0.3 is 4.90 Å². The van der Waals surface area contributed by atoms with Crippen LogP contribution in [0.15, 0.2) is 71.1 Å². The number of Topliss-reactive ketones (excluding diaryl/α,β-unsaturated/α-hetero) is 1. The molecular formula is C24H21N5O3S. The number of thioether (sulfide) groups is 1. The summed E-state index contributed by atoms with van der Waals surface area (Å²) < 4.78 is 3.33. The Balaban J connectivity index is 1.42. The molecule has 33 heavy (non-hydrogen) atoms. The number of ketones is 1. The molecule has 0 radical (unpaired) electrons. The molecule has 1 aliphatic heterocycles. The highest BCUT2D eigenvalue weighted by molar-refractivity contribution is 7.99. The van der Waals surface area contributed by atoms with E-state index in [0.717, 1.165) is 12.1 Å². The van der Waals surface area contributed by atoms with Crippen molar-refractivity contribution >= 4 is 45.8 Å². The van der Waals surface area contributed by atoms with Crippen LogP contribution in [0.2, 0.25) is 0 Å². The predicted molar refractivity (Wildman–Crippen MR) is 128 cm³/mol. The Labute approximate surface area is 193 Å². The van der Waals surface area contributed by atoms with Gasteiger partial charge >= 0.3 is 0 Å². The van der Waals surface area contributed by atoms with Crippen LogP contribution in [0.3, 0.4) is 0 Å². The van der Waals surface area contributed by atoms with Crippen molar-refractivity contribution in [1.82, 2.24) is 19.2 Å².